The first-order valence-electron chi connectivity index (χ1n) is 8.48. The Bertz CT molecular complexity index is 550. The van der Waals surface area contributed by atoms with Crippen molar-refractivity contribution in [2.75, 3.05) is 0 Å². The summed E-state index contributed by atoms with van der Waals surface area (Å²) >= 11 is 0. The fourth-order valence-corrected chi connectivity index (χ4v) is 3.87. The van der Waals surface area contributed by atoms with Crippen molar-refractivity contribution in [1.82, 2.24) is 5.32 Å². The van der Waals surface area contributed by atoms with Crippen LogP contribution >= 0.6 is 0 Å². The molecule has 1 amide bonds. The average Bonchev–Trinajstić information content (AvgIpc) is 2.37. The number of nitrogens with two attached hydrogens (primary N) is 1. The van der Waals surface area contributed by atoms with E-state index in [1.54, 1.807) is 0 Å². The Morgan fingerprint density at radius 3 is 2.35 bits per heavy atom. The molecular formula is C19H31N2O2+. The quantitative estimate of drug-likeness (QED) is 0.893. The number of nitrogens with one attached hydrogen (secondary N) is 1. The van der Waals surface area contributed by atoms with Gasteiger partial charge >= 0.3 is 0 Å². The summed E-state index contributed by atoms with van der Waals surface area (Å²) < 4.78 is 5.83. The van der Waals surface area contributed by atoms with Crippen LogP contribution in [-0.4, -0.2) is 29.1 Å². The zero-order valence-electron chi connectivity index (χ0n) is 15.3. The summed E-state index contributed by atoms with van der Waals surface area (Å²) in [5.41, 5.74) is 1.32. The SMILES string of the molecule is Cc1ccccc1O[C@@H](C)C(=O)NC1CC(C)(C)[NH2+]C(C)(C)C1. The molecule has 0 radical (unpaired) electrons. The highest BCUT2D eigenvalue weighted by atomic mass is 16.5. The molecule has 1 aromatic carbocycles. The second-order valence-electron chi connectivity index (χ2n) is 8.26. The summed E-state index contributed by atoms with van der Waals surface area (Å²) in [5.74, 6) is 0.736. The van der Waals surface area contributed by atoms with Gasteiger partial charge < -0.3 is 15.4 Å². The Kier molecular flexibility index (Phi) is 5.04. The van der Waals surface area contributed by atoms with E-state index in [-0.39, 0.29) is 23.0 Å². The van der Waals surface area contributed by atoms with E-state index in [1.807, 2.05) is 38.1 Å². The van der Waals surface area contributed by atoms with Gasteiger partial charge in [0.2, 0.25) is 0 Å². The van der Waals surface area contributed by atoms with Crippen LogP contribution in [0.25, 0.3) is 0 Å². The van der Waals surface area contributed by atoms with Gasteiger partial charge in [0.15, 0.2) is 6.10 Å². The molecular weight excluding hydrogens is 288 g/mol. The van der Waals surface area contributed by atoms with Gasteiger partial charge in [0.25, 0.3) is 5.91 Å². The maximum atomic E-state index is 12.5. The summed E-state index contributed by atoms with van der Waals surface area (Å²) in [5, 5.41) is 5.60. The molecule has 1 atom stereocenters. The van der Waals surface area contributed by atoms with Crippen LogP contribution in [0.4, 0.5) is 0 Å². The lowest BCUT2D eigenvalue weighted by atomic mass is 9.79. The lowest BCUT2D eigenvalue weighted by molar-refractivity contribution is -0.787. The number of hydrogen-bond donors (Lipinski definition) is 2. The van der Waals surface area contributed by atoms with Crippen molar-refractivity contribution in [2.45, 2.75) is 77.6 Å². The van der Waals surface area contributed by atoms with Crippen LogP contribution in [0, 0.1) is 6.92 Å². The predicted octanol–water partition coefficient (Wildman–Crippen LogP) is 2.16. The van der Waals surface area contributed by atoms with Gasteiger partial charge in [-0.1, -0.05) is 18.2 Å². The molecule has 1 saturated heterocycles. The monoisotopic (exact) mass is 319 g/mol. The summed E-state index contributed by atoms with van der Waals surface area (Å²) in [6.45, 7) is 12.7. The van der Waals surface area contributed by atoms with E-state index in [4.69, 9.17) is 4.74 Å². The molecule has 0 bridgehead atoms. The van der Waals surface area contributed by atoms with Crippen LogP contribution in [0.5, 0.6) is 5.75 Å². The predicted molar refractivity (Wildman–Crippen MR) is 92.5 cm³/mol. The number of aryl methyl sites for hydroxylation is 1. The second-order valence-corrected chi connectivity index (χ2v) is 8.26. The van der Waals surface area contributed by atoms with Gasteiger partial charge in [-0.05, 0) is 53.2 Å². The largest absolute Gasteiger partial charge is 0.481 e. The van der Waals surface area contributed by atoms with Crippen molar-refractivity contribution in [3.05, 3.63) is 29.8 Å². The molecule has 0 saturated carbocycles. The van der Waals surface area contributed by atoms with E-state index < -0.39 is 6.10 Å². The highest BCUT2D eigenvalue weighted by Gasteiger charge is 2.42. The smallest absolute Gasteiger partial charge is 0.261 e. The third-order valence-corrected chi connectivity index (χ3v) is 4.44. The number of benzene rings is 1. The van der Waals surface area contributed by atoms with Gasteiger partial charge in [-0.25, -0.2) is 0 Å². The topological polar surface area (TPSA) is 54.9 Å². The number of rotatable bonds is 4. The Hall–Kier alpha value is -1.55. The maximum Gasteiger partial charge on any atom is 0.261 e. The Balaban J connectivity index is 1.97. The van der Waals surface area contributed by atoms with E-state index in [0.29, 0.717) is 0 Å². The van der Waals surface area contributed by atoms with Crippen LogP contribution in [0.3, 0.4) is 0 Å². The summed E-state index contributed by atoms with van der Waals surface area (Å²) in [6.07, 6.45) is 1.45. The van der Waals surface area contributed by atoms with E-state index in [1.165, 1.54) is 0 Å². The molecule has 1 fully saturated rings. The van der Waals surface area contributed by atoms with Gasteiger partial charge in [0.1, 0.15) is 5.75 Å². The minimum atomic E-state index is -0.492. The van der Waals surface area contributed by atoms with Crippen LogP contribution in [0.1, 0.15) is 53.0 Å². The second kappa shape index (κ2) is 6.52. The van der Waals surface area contributed by atoms with Crippen molar-refractivity contribution in [3.8, 4) is 5.75 Å². The van der Waals surface area contributed by atoms with Crippen LogP contribution in [0.2, 0.25) is 0 Å². The standard InChI is InChI=1S/C19H30N2O2/c1-13-9-7-8-10-16(13)23-14(2)17(22)20-15-11-18(3,4)21-19(5,6)12-15/h7-10,14-15,21H,11-12H2,1-6H3,(H,20,22)/p+1/t14-/m0/s1. The third kappa shape index (κ3) is 4.96. The molecule has 3 N–H and O–H groups in total. The first-order valence-corrected chi connectivity index (χ1v) is 8.48. The highest BCUT2D eigenvalue weighted by molar-refractivity contribution is 5.81. The van der Waals surface area contributed by atoms with Crippen LogP contribution in [-0.2, 0) is 4.79 Å². The molecule has 0 aliphatic carbocycles. The molecule has 128 valence electrons. The minimum absolute atomic E-state index is 0.0354. The summed E-state index contributed by atoms with van der Waals surface area (Å²) in [4.78, 5) is 12.5. The van der Waals surface area contributed by atoms with Crippen molar-refractivity contribution in [3.63, 3.8) is 0 Å². The van der Waals surface area contributed by atoms with Crippen LogP contribution < -0.4 is 15.4 Å². The number of amides is 1. The number of carbonyl (C=O) groups is 1. The normalized spacial score (nSPS) is 21.5. The lowest BCUT2D eigenvalue weighted by Crippen LogP contribution is -3.06. The van der Waals surface area contributed by atoms with E-state index in [2.05, 4.69) is 38.3 Å². The highest BCUT2D eigenvalue weighted by Crippen LogP contribution is 2.22. The number of carbonyl (C=O) groups excluding carboxylic acids is 1. The zero-order chi connectivity index (χ0) is 17.3. The van der Waals surface area contributed by atoms with Gasteiger partial charge in [-0.15, -0.1) is 0 Å². The minimum Gasteiger partial charge on any atom is -0.481 e. The van der Waals surface area contributed by atoms with E-state index >= 15 is 0 Å². The first kappa shape index (κ1) is 17.8. The van der Waals surface area contributed by atoms with Gasteiger partial charge in [0, 0.05) is 18.9 Å². The molecule has 1 aliphatic rings. The van der Waals surface area contributed by atoms with Crippen LogP contribution in [0.15, 0.2) is 24.3 Å². The fourth-order valence-electron chi connectivity index (χ4n) is 3.87. The number of piperidine rings is 1. The molecule has 0 aromatic heterocycles. The Labute approximate surface area is 140 Å². The molecule has 1 aliphatic heterocycles. The van der Waals surface area contributed by atoms with Crippen molar-refractivity contribution in [2.24, 2.45) is 0 Å². The molecule has 4 heteroatoms. The number of quaternary nitrogens is 1. The summed E-state index contributed by atoms with van der Waals surface area (Å²) in [6, 6.07) is 7.98. The van der Waals surface area contributed by atoms with Gasteiger partial charge in [-0.2, -0.15) is 0 Å². The first-order chi connectivity index (χ1) is 10.6. The molecule has 0 spiro atoms. The average molecular weight is 319 g/mol. The lowest BCUT2D eigenvalue weighted by Gasteiger charge is -2.43. The molecule has 4 nitrogen and oxygen atoms in total. The van der Waals surface area contributed by atoms with E-state index in [9.17, 15) is 4.79 Å². The molecule has 2 rings (SSSR count). The molecule has 0 unspecified atom stereocenters. The molecule has 23 heavy (non-hydrogen) atoms. The Morgan fingerprint density at radius 1 is 1.22 bits per heavy atom. The van der Waals surface area contributed by atoms with Crippen molar-refractivity contribution in [1.29, 1.82) is 0 Å². The summed E-state index contributed by atoms with van der Waals surface area (Å²) in [7, 11) is 0. The van der Waals surface area contributed by atoms with Gasteiger partial charge in [-0.3, -0.25) is 4.79 Å². The molecule has 1 heterocycles. The maximum absolute atomic E-state index is 12.5. The van der Waals surface area contributed by atoms with Crippen molar-refractivity contribution >= 4 is 5.91 Å². The fraction of sp³-hybridized carbons (Fsp3) is 0.632. The number of ether oxygens (including phenoxy) is 1. The van der Waals surface area contributed by atoms with Gasteiger partial charge in [0.05, 0.1) is 11.1 Å². The zero-order valence-corrected chi connectivity index (χ0v) is 15.3. The number of para-hydroxylation sites is 1. The third-order valence-electron chi connectivity index (χ3n) is 4.44. The van der Waals surface area contributed by atoms with E-state index in [0.717, 1.165) is 24.2 Å². The Morgan fingerprint density at radius 2 is 1.78 bits per heavy atom. The molecule has 1 aromatic rings. The number of hydrogen-bond acceptors (Lipinski definition) is 2. The van der Waals surface area contributed by atoms with Crippen molar-refractivity contribution < 1.29 is 14.8 Å².